The molecule has 0 aromatic heterocycles. The van der Waals surface area contributed by atoms with E-state index in [0.29, 0.717) is 22.5 Å². The van der Waals surface area contributed by atoms with Crippen LogP contribution in [-0.4, -0.2) is 38.0 Å². The molecule has 1 aliphatic heterocycles. The number of benzene rings is 2. The summed E-state index contributed by atoms with van der Waals surface area (Å²) < 4.78 is 4.81. The molecule has 0 atom stereocenters. The number of hydrogen-bond acceptors (Lipinski definition) is 5. The molecule has 4 rings (SSSR count). The van der Waals surface area contributed by atoms with Crippen LogP contribution in [0, 0.1) is 5.92 Å². The largest absolute Gasteiger partial charge is 0.465 e. The van der Waals surface area contributed by atoms with Crippen molar-refractivity contribution in [1.29, 1.82) is 0 Å². The highest BCUT2D eigenvalue weighted by molar-refractivity contribution is 6.07. The van der Waals surface area contributed by atoms with Gasteiger partial charge in [0.15, 0.2) is 0 Å². The molecule has 0 spiro atoms. The van der Waals surface area contributed by atoms with Gasteiger partial charge in [-0.15, -0.1) is 0 Å². The van der Waals surface area contributed by atoms with Crippen molar-refractivity contribution >= 4 is 34.8 Å². The Morgan fingerprint density at radius 3 is 2.23 bits per heavy atom. The van der Waals surface area contributed by atoms with E-state index in [9.17, 15) is 14.4 Å². The minimum atomic E-state index is -0.450. The molecule has 7 nitrogen and oxygen atoms in total. The zero-order valence-electron chi connectivity index (χ0n) is 16.9. The van der Waals surface area contributed by atoms with Gasteiger partial charge in [0.1, 0.15) is 0 Å². The molecule has 2 N–H and O–H groups in total. The first kappa shape index (κ1) is 19.9. The van der Waals surface area contributed by atoms with Crippen LogP contribution in [0.1, 0.15) is 46.4 Å². The molecule has 1 heterocycles. The number of anilines is 3. The maximum absolute atomic E-state index is 12.9. The van der Waals surface area contributed by atoms with Crippen LogP contribution in [0.2, 0.25) is 0 Å². The summed E-state index contributed by atoms with van der Waals surface area (Å²) in [5, 5.41) is 5.80. The van der Waals surface area contributed by atoms with Gasteiger partial charge in [-0.25, -0.2) is 4.79 Å². The van der Waals surface area contributed by atoms with E-state index in [1.165, 1.54) is 7.11 Å². The number of nitrogens with zero attached hydrogens (tertiary/aromatic N) is 1. The number of rotatable bonds is 6. The first-order valence-electron chi connectivity index (χ1n) is 10.2. The predicted molar refractivity (Wildman–Crippen MR) is 115 cm³/mol. The lowest BCUT2D eigenvalue weighted by Gasteiger charge is -2.22. The van der Waals surface area contributed by atoms with Crippen molar-refractivity contribution in [2.24, 2.45) is 5.92 Å². The van der Waals surface area contributed by atoms with Crippen molar-refractivity contribution < 1.29 is 19.1 Å². The molecule has 0 unspecified atom stereocenters. The maximum atomic E-state index is 12.9. The van der Waals surface area contributed by atoms with E-state index < -0.39 is 5.97 Å². The Balaban J connectivity index is 1.52. The van der Waals surface area contributed by atoms with Crippen LogP contribution < -0.4 is 15.5 Å². The average molecular weight is 407 g/mol. The number of amides is 2. The second-order valence-corrected chi connectivity index (χ2v) is 7.71. The zero-order valence-corrected chi connectivity index (χ0v) is 16.9. The molecule has 0 radical (unpaired) electrons. The third-order valence-corrected chi connectivity index (χ3v) is 5.48. The third kappa shape index (κ3) is 4.45. The Kier molecular flexibility index (Phi) is 5.70. The summed E-state index contributed by atoms with van der Waals surface area (Å²) in [5.41, 5.74) is 3.00. The molecule has 2 aromatic rings. The molecule has 2 amide bonds. The molecule has 1 saturated carbocycles. The number of ether oxygens (including phenoxy) is 1. The minimum absolute atomic E-state index is 0.0297. The second-order valence-electron chi connectivity index (χ2n) is 7.71. The molecule has 156 valence electrons. The van der Waals surface area contributed by atoms with E-state index in [-0.39, 0.29) is 17.7 Å². The first-order chi connectivity index (χ1) is 14.5. The third-order valence-electron chi connectivity index (χ3n) is 5.48. The van der Waals surface area contributed by atoms with Crippen LogP contribution in [0.3, 0.4) is 0 Å². The van der Waals surface area contributed by atoms with Crippen molar-refractivity contribution in [2.45, 2.75) is 25.7 Å². The second kappa shape index (κ2) is 8.57. The number of esters is 1. The summed E-state index contributed by atoms with van der Waals surface area (Å²) in [6.45, 7) is 1.83. The Morgan fingerprint density at radius 1 is 0.933 bits per heavy atom. The van der Waals surface area contributed by atoms with E-state index in [1.807, 2.05) is 6.07 Å². The minimum Gasteiger partial charge on any atom is -0.465 e. The highest BCUT2D eigenvalue weighted by Crippen LogP contribution is 2.31. The van der Waals surface area contributed by atoms with Gasteiger partial charge in [-0.3, -0.25) is 9.59 Å². The molecular weight excluding hydrogens is 382 g/mol. The summed E-state index contributed by atoms with van der Waals surface area (Å²) in [6.07, 6.45) is 4.08. The molecule has 0 bridgehead atoms. The molecule has 1 aliphatic carbocycles. The molecule has 1 saturated heterocycles. The molecule has 2 aromatic carbocycles. The monoisotopic (exact) mass is 407 g/mol. The van der Waals surface area contributed by atoms with Crippen LogP contribution in [0.25, 0.3) is 0 Å². The summed E-state index contributed by atoms with van der Waals surface area (Å²) in [7, 11) is 1.33. The fraction of sp³-hybridized carbons (Fsp3) is 0.348. The van der Waals surface area contributed by atoms with Gasteiger partial charge in [-0.2, -0.15) is 0 Å². The van der Waals surface area contributed by atoms with E-state index in [1.54, 1.807) is 36.4 Å². The Morgan fingerprint density at radius 2 is 1.60 bits per heavy atom. The highest BCUT2D eigenvalue weighted by Gasteiger charge is 2.29. The summed E-state index contributed by atoms with van der Waals surface area (Å²) in [5.74, 6) is -0.576. The quantitative estimate of drug-likeness (QED) is 0.714. The smallest absolute Gasteiger partial charge is 0.337 e. The Hall–Kier alpha value is -3.35. The molecule has 30 heavy (non-hydrogen) atoms. The fourth-order valence-corrected chi connectivity index (χ4v) is 3.60. The van der Waals surface area contributed by atoms with Crippen LogP contribution in [0.4, 0.5) is 17.1 Å². The molecule has 2 fully saturated rings. The van der Waals surface area contributed by atoms with E-state index >= 15 is 0 Å². The predicted octanol–water partition coefficient (Wildman–Crippen LogP) is 3.67. The van der Waals surface area contributed by atoms with Crippen LogP contribution in [0.15, 0.2) is 42.5 Å². The van der Waals surface area contributed by atoms with E-state index in [2.05, 4.69) is 15.5 Å². The maximum Gasteiger partial charge on any atom is 0.337 e. The van der Waals surface area contributed by atoms with Crippen molar-refractivity contribution in [3.05, 3.63) is 53.6 Å². The Bertz CT molecular complexity index is 961. The Labute approximate surface area is 175 Å². The van der Waals surface area contributed by atoms with Gasteiger partial charge in [0.25, 0.3) is 5.91 Å². The van der Waals surface area contributed by atoms with Crippen molar-refractivity contribution in [1.82, 2.24) is 0 Å². The first-order valence-corrected chi connectivity index (χ1v) is 10.2. The van der Waals surface area contributed by atoms with E-state index in [4.69, 9.17) is 4.74 Å². The summed E-state index contributed by atoms with van der Waals surface area (Å²) in [6, 6.07) is 12.0. The fourth-order valence-electron chi connectivity index (χ4n) is 3.60. The number of nitrogens with one attached hydrogen (secondary N) is 2. The summed E-state index contributed by atoms with van der Waals surface area (Å²) in [4.78, 5) is 38.9. The van der Waals surface area contributed by atoms with E-state index in [0.717, 1.165) is 44.5 Å². The lowest BCUT2D eigenvalue weighted by Crippen LogP contribution is -2.21. The van der Waals surface area contributed by atoms with Gasteiger partial charge < -0.3 is 20.3 Å². The average Bonchev–Trinajstić information content (AvgIpc) is 3.48. The van der Waals surface area contributed by atoms with Crippen LogP contribution in [0.5, 0.6) is 0 Å². The van der Waals surface area contributed by atoms with Gasteiger partial charge >= 0.3 is 5.97 Å². The number of hydrogen-bond donors (Lipinski definition) is 2. The molecule has 2 aliphatic rings. The van der Waals surface area contributed by atoms with Crippen LogP contribution in [-0.2, 0) is 9.53 Å². The lowest BCUT2D eigenvalue weighted by molar-refractivity contribution is -0.117. The van der Waals surface area contributed by atoms with Gasteiger partial charge in [0.05, 0.1) is 24.0 Å². The lowest BCUT2D eigenvalue weighted by atomic mass is 10.1. The topological polar surface area (TPSA) is 87.7 Å². The van der Waals surface area contributed by atoms with Crippen LogP contribution >= 0.6 is 0 Å². The molecule has 7 heteroatoms. The van der Waals surface area contributed by atoms with Gasteiger partial charge in [0, 0.05) is 30.3 Å². The van der Waals surface area contributed by atoms with Crippen molar-refractivity contribution in [3.63, 3.8) is 0 Å². The number of methoxy groups -OCH3 is 1. The number of carbonyl (C=O) groups excluding carboxylic acids is 3. The number of carbonyl (C=O) groups is 3. The molecular formula is C23H25N3O4. The summed E-state index contributed by atoms with van der Waals surface area (Å²) >= 11 is 0. The van der Waals surface area contributed by atoms with Crippen molar-refractivity contribution in [3.8, 4) is 0 Å². The zero-order chi connectivity index (χ0) is 21.1. The van der Waals surface area contributed by atoms with Gasteiger partial charge in [0.2, 0.25) is 5.91 Å². The highest BCUT2D eigenvalue weighted by atomic mass is 16.5. The normalized spacial score (nSPS) is 15.6. The van der Waals surface area contributed by atoms with Crippen molar-refractivity contribution in [2.75, 3.05) is 35.7 Å². The standard InChI is InChI=1S/C23H25N3O4/c1-30-23(29)17-8-11-20(26-12-2-3-13-26)19(14-17)25-22(28)16-6-9-18(10-7-16)24-21(27)15-4-5-15/h6-11,14-15H,2-5,12-13H2,1H3,(H,24,27)(H,25,28). The SMILES string of the molecule is COC(=O)c1ccc(N2CCCC2)c(NC(=O)c2ccc(NC(=O)C3CC3)cc2)c1. The van der Waals surface area contributed by atoms with Gasteiger partial charge in [-0.1, -0.05) is 0 Å². The van der Waals surface area contributed by atoms with Gasteiger partial charge in [-0.05, 0) is 68.1 Å².